The maximum absolute atomic E-state index is 6.61. The molecule has 0 bridgehead atoms. The molecule has 0 saturated carbocycles. The third-order valence-electron chi connectivity index (χ3n) is 8.60. The van der Waals surface area contributed by atoms with Gasteiger partial charge in [-0.3, -0.25) is 0 Å². The highest BCUT2D eigenvalue weighted by molar-refractivity contribution is 6.98. The molecule has 1 aliphatic rings. The van der Waals surface area contributed by atoms with Gasteiger partial charge >= 0.3 is 0 Å². The maximum Gasteiger partial charge on any atom is 0.251 e. The molecule has 0 amide bonds. The summed E-state index contributed by atoms with van der Waals surface area (Å²) in [5.74, 6) is 1.90. The van der Waals surface area contributed by atoms with Crippen molar-refractivity contribution in [2.75, 3.05) is 0 Å². The summed E-state index contributed by atoms with van der Waals surface area (Å²) in [4.78, 5) is 0. The molecule has 0 atom stereocenters. The third-order valence-corrected chi connectivity index (χ3v) is 8.60. The van der Waals surface area contributed by atoms with Crippen molar-refractivity contribution < 1.29 is 4.74 Å². The monoisotopic (exact) mass is 498 g/mol. The minimum Gasteiger partial charge on any atom is -0.458 e. The molecule has 39 heavy (non-hydrogen) atoms. The SMILES string of the molecule is Cc1cc(C)c(-c2ccc3ccc4c5c(cc6ccc2c3c64)Oc2ccccc2B5c2ccccc2)c(C)c1. The van der Waals surface area contributed by atoms with Gasteiger partial charge in [0.2, 0.25) is 0 Å². The lowest BCUT2D eigenvalue weighted by Crippen LogP contribution is -2.55. The summed E-state index contributed by atoms with van der Waals surface area (Å²) in [5, 5.41) is 7.77. The molecule has 1 aliphatic heterocycles. The fourth-order valence-corrected chi connectivity index (χ4v) is 7.15. The van der Waals surface area contributed by atoms with Crippen molar-refractivity contribution in [2.45, 2.75) is 20.8 Å². The number of hydrogen-bond acceptors (Lipinski definition) is 1. The van der Waals surface area contributed by atoms with Gasteiger partial charge in [-0.05, 0) is 98.4 Å². The molecule has 0 N–H and O–H groups in total. The minimum absolute atomic E-state index is 0.108. The van der Waals surface area contributed by atoms with Crippen LogP contribution < -0.4 is 21.1 Å². The van der Waals surface area contributed by atoms with E-state index in [0.29, 0.717) is 0 Å². The Kier molecular flexibility index (Phi) is 4.73. The number of ether oxygens (including phenoxy) is 1. The van der Waals surface area contributed by atoms with Gasteiger partial charge < -0.3 is 4.74 Å². The summed E-state index contributed by atoms with van der Waals surface area (Å²) in [7, 11) is 0. The number of benzene rings is 7. The standard InChI is InChI=1S/C37H27BO/c1-22-19-23(2)34(24(3)20-22)28-16-13-25-14-18-30-36-26(15-17-29(28)35(25)36)21-33-37(30)38(27-9-5-4-6-10-27)31-11-7-8-12-32(31)39-33/h4-21H,1-3H3. The first kappa shape index (κ1) is 22.4. The zero-order valence-corrected chi connectivity index (χ0v) is 22.4. The zero-order valence-electron chi connectivity index (χ0n) is 22.4. The van der Waals surface area contributed by atoms with Gasteiger partial charge in [-0.15, -0.1) is 0 Å². The van der Waals surface area contributed by atoms with E-state index in [9.17, 15) is 0 Å². The second kappa shape index (κ2) is 8.22. The third kappa shape index (κ3) is 3.21. The van der Waals surface area contributed by atoms with Crippen molar-refractivity contribution in [1.29, 1.82) is 0 Å². The Morgan fingerprint density at radius 2 is 1.23 bits per heavy atom. The molecular weight excluding hydrogens is 471 g/mol. The van der Waals surface area contributed by atoms with E-state index in [0.717, 1.165) is 11.5 Å². The summed E-state index contributed by atoms with van der Waals surface area (Å²) in [6, 6.07) is 40.1. The Morgan fingerprint density at radius 1 is 0.564 bits per heavy atom. The fourth-order valence-electron chi connectivity index (χ4n) is 7.15. The van der Waals surface area contributed by atoms with Crippen LogP contribution >= 0.6 is 0 Å². The number of aryl methyl sites for hydroxylation is 3. The highest BCUT2D eigenvalue weighted by Crippen LogP contribution is 2.42. The average molecular weight is 498 g/mol. The van der Waals surface area contributed by atoms with Crippen LogP contribution in [0.25, 0.3) is 43.4 Å². The van der Waals surface area contributed by atoms with Crippen LogP contribution in [0.2, 0.25) is 0 Å². The van der Waals surface area contributed by atoms with Crippen LogP contribution in [0.3, 0.4) is 0 Å². The van der Waals surface area contributed by atoms with E-state index in [1.807, 2.05) is 0 Å². The van der Waals surface area contributed by atoms with Crippen LogP contribution in [-0.2, 0) is 0 Å². The quantitative estimate of drug-likeness (QED) is 0.175. The number of fused-ring (bicyclic) bond motifs is 3. The van der Waals surface area contributed by atoms with Gasteiger partial charge in [0.25, 0.3) is 6.71 Å². The summed E-state index contributed by atoms with van der Waals surface area (Å²) in [6.07, 6.45) is 0. The molecule has 0 spiro atoms. The first-order chi connectivity index (χ1) is 19.1. The molecule has 8 rings (SSSR count). The highest BCUT2D eigenvalue weighted by Gasteiger charge is 2.34. The number of para-hydroxylation sites is 1. The molecule has 0 aromatic heterocycles. The second-order valence-electron chi connectivity index (χ2n) is 11.1. The minimum atomic E-state index is 0.108. The van der Waals surface area contributed by atoms with Gasteiger partial charge in [-0.1, -0.05) is 108 Å². The van der Waals surface area contributed by atoms with Gasteiger partial charge in [0.05, 0.1) is 0 Å². The lowest BCUT2D eigenvalue weighted by Gasteiger charge is -2.29. The molecule has 1 heterocycles. The van der Waals surface area contributed by atoms with Crippen LogP contribution in [-0.4, -0.2) is 6.71 Å². The van der Waals surface area contributed by atoms with Gasteiger partial charge in [0.1, 0.15) is 11.5 Å². The Morgan fingerprint density at radius 3 is 2.05 bits per heavy atom. The molecule has 0 unspecified atom stereocenters. The van der Waals surface area contributed by atoms with E-state index in [2.05, 4.69) is 130 Å². The molecule has 0 saturated heterocycles. The first-order valence-electron chi connectivity index (χ1n) is 13.7. The van der Waals surface area contributed by atoms with Crippen LogP contribution in [0.15, 0.2) is 109 Å². The van der Waals surface area contributed by atoms with E-state index in [-0.39, 0.29) is 6.71 Å². The molecule has 0 radical (unpaired) electrons. The zero-order chi connectivity index (χ0) is 26.2. The van der Waals surface area contributed by atoms with Crippen LogP contribution in [0.4, 0.5) is 0 Å². The normalized spacial score (nSPS) is 12.6. The Bertz CT molecular complexity index is 2050. The molecule has 184 valence electrons. The molecule has 1 nitrogen and oxygen atoms in total. The maximum atomic E-state index is 6.61. The second-order valence-corrected chi connectivity index (χ2v) is 11.1. The Hall–Kier alpha value is -4.56. The van der Waals surface area contributed by atoms with Gasteiger partial charge in [0, 0.05) is 0 Å². The first-order valence-corrected chi connectivity index (χ1v) is 13.7. The van der Waals surface area contributed by atoms with Crippen LogP contribution in [0, 0.1) is 20.8 Å². The van der Waals surface area contributed by atoms with Gasteiger partial charge in [0.15, 0.2) is 0 Å². The molecule has 0 fully saturated rings. The predicted molar refractivity (Wildman–Crippen MR) is 167 cm³/mol. The Balaban J connectivity index is 1.49. The van der Waals surface area contributed by atoms with Gasteiger partial charge in [-0.25, -0.2) is 0 Å². The van der Waals surface area contributed by atoms with Gasteiger partial charge in [-0.2, -0.15) is 0 Å². The van der Waals surface area contributed by atoms with E-state index >= 15 is 0 Å². The van der Waals surface area contributed by atoms with Crippen molar-refractivity contribution in [3.05, 3.63) is 126 Å². The molecule has 0 aliphatic carbocycles. The summed E-state index contributed by atoms with van der Waals surface area (Å²) >= 11 is 0. The average Bonchev–Trinajstić information content (AvgIpc) is 2.95. The molecular formula is C37H27BO. The lowest BCUT2D eigenvalue weighted by molar-refractivity contribution is 0.488. The smallest absolute Gasteiger partial charge is 0.251 e. The van der Waals surface area contributed by atoms with Crippen molar-refractivity contribution in [1.82, 2.24) is 0 Å². The number of rotatable bonds is 2. The number of hydrogen-bond donors (Lipinski definition) is 0. The largest absolute Gasteiger partial charge is 0.458 e. The van der Waals surface area contributed by atoms with Crippen molar-refractivity contribution >= 4 is 55.4 Å². The van der Waals surface area contributed by atoms with E-state index in [4.69, 9.17) is 4.74 Å². The van der Waals surface area contributed by atoms with E-state index in [1.165, 1.54) is 76.5 Å². The van der Waals surface area contributed by atoms with E-state index < -0.39 is 0 Å². The topological polar surface area (TPSA) is 9.23 Å². The molecule has 2 heteroatoms. The van der Waals surface area contributed by atoms with E-state index in [1.54, 1.807) is 0 Å². The predicted octanol–water partition coefficient (Wildman–Crippen LogP) is 7.80. The highest BCUT2D eigenvalue weighted by atomic mass is 16.5. The lowest BCUT2D eigenvalue weighted by atomic mass is 9.35. The molecule has 7 aromatic carbocycles. The van der Waals surface area contributed by atoms with Crippen molar-refractivity contribution in [3.8, 4) is 22.6 Å². The summed E-state index contributed by atoms with van der Waals surface area (Å²) < 4.78 is 6.61. The Labute approximate surface area is 229 Å². The van der Waals surface area contributed by atoms with Crippen molar-refractivity contribution in [2.24, 2.45) is 0 Å². The molecule has 7 aromatic rings. The summed E-state index contributed by atoms with van der Waals surface area (Å²) in [5.41, 5.74) is 10.4. The van der Waals surface area contributed by atoms with Crippen molar-refractivity contribution in [3.63, 3.8) is 0 Å². The van der Waals surface area contributed by atoms with Crippen LogP contribution in [0.1, 0.15) is 16.7 Å². The van der Waals surface area contributed by atoms with Crippen LogP contribution in [0.5, 0.6) is 11.5 Å². The fraction of sp³-hybridized carbons (Fsp3) is 0.0811. The summed E-state index contributed by atoms with van der Waals surface area (Å²) in [6.45, 7) is 6.77.